The van der Waals surface area contributed by atoms with Gasteiger partial charge in [-0.1, -0.05) is 35.5 Å². The first-order valence-electron chi connectivity index (χ1n) is 11.1. The summed E-state index contributed by atoms with van der Waals surface area (Å²) in [6.45, 7) is 3.33. The van der Waals surface area contributed by atoms with Gasteiger partial charge in [-0.25, -0.2) is 0 Å². The Balaban J connectivity index is 0.00000324. The zero-order valence-electron chi connectivity index (χ0n) is 19.8. The molecule has 1 saturated heterocycles. The number of halogens is 1. The van der Waals surface area contributed by atoms with Crippen LogP contribution in [0.4, 0.5) is 0 Å². The Bertz CT molecular complexity index is 1050. The summed E-state index contributed by atoms with van der Waals surface area (Å²) < 4.78 is 16.3. The van der Waals surface area contributed by atoms with Crippen LogP contribution in [-0.4, -0.2) is 56.4 Å². The van der Waals surface area contributed by atoms with Crippen molar-refractivity contribution >= 4 is 29.9 Å². The third kappa shape index (κ3) is 6.86. The van der Waals surface area contributed by atoms with Crippen molar-refractivity contribution in [1.29, 1.82) is 0 Å². The van der Waals surface area contributed by atoms with Gasteiger partial charge in [-0.2, -0.15) is 0 Å². The monoisotopic (exact) mass is 577 g/mol. The molecular formula is C25H32IN5O3. The van der Waals surface area contributed by atoms with Crippen LogP contribution < -0.4 is 20.1 Å². The second-order valence-electron chi connectivity index (χ2n) is 8.06. The second-order valence-corrected chi connectivity index (χ2v) is 8.06. The smallest absolute Gasteiger partial charge is 0.191 e. The van der Waals surface area contributed by atoms with Crippen molar-refractivity contribution < 1.29 is 14.0 Å². The van der Waals surface area contributed by atoms with Crippen LogP contribution in [0, 0.1) is 0 Å². The van der Waals surface area contributed by atoms with Gasteiger partial charge in [0.05, 0.1) is 20.8 Å². The normalized spacial score (nSPS) is 16.1. The molecule has 1 aromatic heterocycles. The summed E-state index contributed by atoms with van der Waals surface area (Å²) in [5.74, 6) is 3.14. The molecule has 1 aliphatic heterocycles. The van der Waals surface area contributed by atoms with E-state index in [2.05, 4.69) is 37.8 Å². The fraction of sp³-hybridized carbons (Fsp3) is 0.360. The highest BCUT2D eigenvalue weighted by atomic mass is 127. The molecule has 3 aromatic rings. The van der Waals surface area contributed by atoms with Crippen LogP contribution in [0.1, 0.15) is 17.7 Å². The van der Waals surface area contributed by atoms with Gasteiger partial charge in [0.2, 0.25) is 0 Å². The average molecular weight is 577 g/mol. The first-order valence-corrected chi connectivity index (χ1v) is 11.1. The van der Waals surface area contributed by atoms with E-state index in [0.717, 1.165) is 60.5 Å². The number of likely N-dealkylation sites (tertiary alicyclic amines) is 1. The lowest BCUT2D eigenvalue weighted by molar-refractivity contribution is 0.321. The number of hydrogen-bond donors (Lipinski definition) is 2. The zero-order valence-corrected chi connectivity index (χ0v) is 22.1. The van der Waals surface area contributed by atoms with Crippen molar-refractivity contribution in [2.45, 2.75) is 25.6 Å². The Morgan fingerprint density at radius 2 is 1.85 bits per heavy atom. The number of hydrogen-bond acceptors (Lipinski definition) is 6. The zero-order chi connectivity index (χ0) is 23.0. The van der Waals surface area contributed by atoms with Crippen LogP contribution in [-0.2, 0) is 13.1 Å². The molecule has 1 aliphatic rings. The lowest BCUT2D eigenvalue weighted by atomic mass is 10.2. The minimum absolute atomic E-state index is 0. The SMILES string of the molecule is CN=C(NCc1cc(-c2ccccc2)on1)NC1CCN(Cc2cc(OC)cc(OC)c2)C1.I. The van der Waals surface area contributed by atoms with Gasteiger partial charge in [-0.15, -0.1) is 24.0 Å². The highest BCUT2D eigenvalue weighted by Gasteiger charge is 2.23. The van der Waals surface area contributed by atoms with Gasteiger partial charge in [-0.05, 0) is 24.1 Å². The molecular weight excluding hydrogens is 545 g/mol. The van der Waals surface area contributed by atoms with Crippen LogP contribution in [0.5, 0.6) is 11.5 Å². The molecule has 0 saturated carbocycles. The molecule has 4 rings (SSSR count). The fourth-order valence-corrected chi connectivity index (χ4v) is 4.01. The summed E-state index contributed by atoms with van der Waals surface area (Å²) in [6.07, 6.45) is 1.05. The first kappa shape index (κ1) is 25.8. The molecule has 2 N–H and O–H groups in total. The summed E-state index contributed by atoms with van der Waals surface area (Å²) in [6, 6.07) is 18.2. The van der Waals surface area contributed by atoms with E-state index in [9.17, 15) is 0 Å². The third-order valence-electron chi connectivity index (χ3n) is 5.71. The molecule has 8 nitrogen and oxygen atoms in total. The molecule has 2 heterocycles. The molecule has 1 unspecified atom stereocenters. The molecule has 0 amide bonds. The van der Waals surface area contributed by atoms with Gasteiger partial charge in [-0.3, -0.25) is 9.89 Å². The van der Waals surface area contributed by atoms with Gasteiger partial charge in [0.1, 0.15) is 17.2 Å². The highest BCUT2D eigenvalue weighted by Crippen LogP contribution is 2.24. The maximum Gasteiger partial charge on any atom is 0.191 e. The summed E-state index contributed by atoms with van der Waals surface area (Å²) in [5, 5.41) is 11.0. The van der Waals surface area contributed by atoms with Crippen molar-refractivity contribution in [2.75, 3.05) is 34.4 Å². The molecule has 1 atom stereocenters. The topological polar surface area (TPSA) is 84.2 Å². The summed E-state index contributed by atoms with van der Waals surface area (Å²) >= 11 is 0. The Kier molecular flexibility index (Phi) is 9.58. The number of nitrogens with one attached hydrogen (secondary N) is 2. The standard InChI is InChI=1S/C25H31N5O3.HI/c1-26-25(27-15-21-13-24(33-29-21)19-7-5-4-6-8-19)28-20-9-10-30(17-20)16-18-11-22(31-2)14-23(12-18)32-3;/h4-8,11-14,20H,9-10,15-17H2,1-3H3,(H2,26,27,28);1H. The second kappa shape index (κ2) is 12.6. The number of ether oxygens (including phenoxy) is 2. The van der Waals surface area contributed by atoms with Crippen LogP contribution in [0.2, 0.25) is 0 Å². The fourth-order valence-electron chi connectivity index (χ4n) is 4.01. The molecule has 0 bridgehead atoms. The lowest BCUT2D eigenvalue weighted by Gasteiger charge is -2.19. The van der Waals surface area contributed by atoms with Crippen molar-refractivity contribution in [3.05, 3.63) is 65.9 Å². The van der Waals surface area contributed by atoms with Crippen molar-refractivity contribution in [1.82, 2.24) is 20.7 Å². The molecule has 0 radical (unpaired) electrons. The largest absolute Gasteiger partial charge is 0.497 e. The number of guanidine groups is 1. The lowest BCUT2D eigenvalue weighted by Crippen LogP contribution is -2.44. The maximum atomic E-state index is 5.48. The Labute approximate surface area is 217 Å². The van der Waals surface area contributed by atoms with E-state index < -0.39 is 0 Å². The average Bonchev–Trinajstić information content (AvgIpc) is 3.51. The highest BCUT2D eigenvalue weighted by molar-refractivity contribution is 14.0. The van der Waals surface area contributed by atoms with Gasteiger partial charge >= 0.3 is 0 Å². The Morgan fingerprint density at radius 1 is 1.12 bits per heavy atom. The number of aliphatic imine (C=N–C) groups is 1. The summed E-state index contributed by atoms with van der Waals surface area (Å²) in [4.78, 5) is 6.79. The quantitative estimate of drug-likeness (QED) is 0.239. The first-order chi connectivity index (χ1) is 16.2. The Morgan fingerprint density at radius 3 is 2.53 bits per heavy atom. The van der Waals surface area contributed by atoms with Crippen LogP contribution in [0.15, 0.2) is 64.1 Å². The van der Waals surface area contributed by atoms with Gasteiger partial charge < -0.3 is 24.6 Å². The minimum Gasteiger partial charge on any atom is -0.497 e. The van der Waals surface area contributed by atoms with Crippen molar-refractivity contribution in [3.8, 4) is 22.8 Å². The maximum absolute atomic E-state index is 5.48. The van der Waals surface area contributed by atoms with E-state index >= 15 is 0 Å². The van der Waals surface area contributed by atoms with E-state index in [1.807, 2.05) is 42.5 Å². The minimum atomic E-state index is 0. The molecule has 0 aliphatic carbocycles. The van der Waals surface area contributed by atoms with Crippen LogP contribution >= 0.6 is 24.0 Å². The number of methoxy groups -OCH3 is 2. The van der Waals surface area contributed by atoms with Gasteiger partial charge in [0.25, 0.3) is 0 Å². The number of rotatable bonds is 8. The molecule has 2 aromatic carbocycles. The Hall–Kier alpha value is -2.79. The molecule has 9 heteroatoms. The van der Waals surface area contributed by atoms with E-state index in [4.69, 9.17) is 14.0 Å². The molecule has 0 spiro atoms. The van der Waals surface area contributed by atoms with E-state index in [0.29, 0.717) is 12.6 Å². The van der Waals surface area contributed by atoms with Crippen LogP contribution in [0.25, 0.3) is 11.3 Å². The van der Waals surface area contributed by atoms with E-state index in [1.165, 1.54) is 5.56 Å². The predicted molar refractivity (Wildman–Crippen MR) is 144 cm³/mol. The third-order valence-corrected chi connectivity index (χ3v) is 5.71. The number of nitrogens with zero attached hydrogens (tertiary/aromatic N) is 3. The number of benzene rings is 2. The molecule has 1 fully saturated rings. The van der Waals surface area contributed by atoms with Crippen molar-refractivity contribution in [3.63, 3.8) is 0 Å². The van der Waals surface area contributed by atoms with E-state index in [-0.39, 0.29) is 24.0 Å². The van der Waals surface area contributed by atoms with Gasteiger partial charge in [0.15, 0.2) is 11.7 Å². The van der Waals surface area contributed by atoms with Crippen molar-refractivity contribution in [2.24, 2.45) is 4.99 Å². The summed E-state index contributed by atoms with van der Waals surface area (Å²) in [7, 11) is 5.13. The summed E-state index contributed by atoms with van der Waals surface area (Å²) in [5.41, 5.74) is 3.02. The van der Waals surface area contributed by atoms with Crippen LogP contribution in [0.3, 0.4) is 0 Å². The molecule has 34 heavy (non-hydrogen) atoms. The van der Waals surface area contributed by atoms with Gasteiger partial charge in [0, 0.05) is 50.4 Å². The van der Waals surface area contributed by atoms with E-state index in [1.54, 1.807) is 21.3 Å². The predicted octanol–water partition coefficient (Wildman–Crippen LogP) is 3.92. The number of aromatic nitrogens is 1. The molecule has 182 valence electrons.